The summed E-state index contributed by atoms with van der Waals surface area (Å²) in [6.07, 6.45) is 6.17. The van der Waals surface area contributed by atoms with E-state index in [1.807, 2.05) is 23.6 Å². The molecule has 2 amide bonds. The average molecular weight is 256 g/mol. The molecule has 96 valence electrons. The number of carbonyl (C=O) groups excluding carboxylic acids is 2. The van der Waals surface area contributed by atoms with Crippen LogP contribution in [-0.4, -0.2) is 46.8 Å². The van der Waals surface area contributed by atoms with Gasteiger partial charge in [0.05, 0.1) is 6.54 Å². The van der Waals surface area contributed by atoms with Gasteiger partial charge in [-0.05, 0) is 25.5 Å². The first-order valence-corrected chi connectivity index (χ1v) is 7.59. The van der Waals surface area contributed by atoms with Gasteiger partial charge >= 0.3 is 0 Å². The van der Waals surface area contributed by atoms with E-state index in [-0.39, 0.29) is 30.4 Å². The van der Waals surface area contributed by atoms with E-state index in [0.717, 1.165) is 19.3 Å². The molecular weight excluding hydrogens is 236 g/mol. The van der Waals surface area contributed by atoms with Gasteiger partial charge in [-0.3, -0.25) is 9.59 Å². The van der Waals surface area contributed by atoms with E-state index in [1.165, 1.54) is 0 Å². The van der Waals surface area contributed by atoms with E-state index in [4.69, 9.17) is 0 Å². The van der Waals surface area contributed by atoms with Crippen LogP contribution in [0.25, 0.3) is 0 Å². The molecule has 3 atom stereocenters. The van der Waals surface area contributed by atoms with Crippen molar-refractivity contribution in [3.8, 4) is 0 Å². The Hall–Kier alpha value is -0.710. The monoisotopic (exact) mass is 256 g/mol. The first-order chi connectivity index (χ1) is 8.19. The minimum atomic E-state index is -0.256. The van der Waals surface area contributed by atoms with E-state index in [2.05, 4.69) is 11.6 Å². The summed E-state index contributed by atoms with van der Waals surface area (Å²) in [6, 6.07) is 0.00231. The van der Waals surface area contributed by atoms with Crippen molar-refractivity contribution < 1.29 is 9.59 Å². The van der Waals surface area contributed by atoms with E-state index in [9.17, 15) is 9.59 Å². The lowest BCUT2D eigenvalue weighted by Crippen LogP contribution is -2.62. The number of hydrogen-bond donors (Lipinski definition) is 1. The highest BCUT2D eigenvalue weighted by molar-refractivity contribution is 7.99. The molecular formula is C12H20N2O2S. The predicted octanol–water partition coefficient (Wildman–Crippen LogP) is 1.01. The lowest BCUT2D eigenvalue weighted by atomic mass is 10.0. The quantitative estimate of drug-likeness (QED) is 0.820. The Kier molecular flexibility index (Phi) is 3.97. The molecule has 1 heterocycles. The summed E-state index contributed by atoms with van der Waals surface area (Å²) in [5.41, 5.74) is 0. The van der Waals surface area contributed by atoms with E-state index in [0.29, 0.717) is 11.7 Å². The van der Waals surface area contributed by atoms with Gasteiger partial charge < -0.3 is 10.2 Å². The van der Waals surface area contributed by atoms with Gasteiger partial charge in [0.1, 0.15) is 6.04 Å². The molecule has 0 aromatic carbocycles. The normalized spacial score (nSPS) is 34.0. The molecule has 2 fully saturated rings. The number of amides is 2. The van der Waals surface area contributed by atoms with Crippen LogP contribution in [0.4, 0.5) is 0 Å². The summed E-state index contributed by atoms with van der Waals surface area (Å²) in [6.45, 7) is 2.14. The summed E-state index contributed by atoms with van der Waals surface area (Å²) in [7, 11) is 0. The van der Waals surface area contributed by atoms with Crippen molar-refractivity contribution in [1.82, 2.24) is 10.2 Å². The second-order valence-corrected chi connectivity index (χ2v) is 5.79. The van der Waals surface area contributed by atoms with Gasteiger partial charge in [-0.15, -0.1) is 0 Å². The van der Waals surface area contributed by atoms with E-state index < -0.39 is 0 Å². The first-order valence-electron chi connectivity index (χ1n) is 6.30. The second-order valence-electron chi connectivity index (χ2n) is 4.72. The van der Waals surface area contributed by atoms with Crippen LogP contribution in [0.5, 0.6) is 0 Å². The van der Waals surface area contributed by atoms with Crippen molar-refractivity contribution in [1.29, 1.82) is 0 Å². The molecule has 1 saturated heterocycles. The number of nitrogens with one attached hydrogen (secondary N) is 1. The number of piperazine rings is 1. The molecule has 4 nitrogen and oxygen atoms in total. The smallest absolute Gasteiger partial charge is 0.243 e. The predicted molar refractivity (Wildman–Crippen MR) is 68.9 cm³/mol. The zero-order valence-corrected chi connectivity index (χ0v) is 11.3. The number of carbonyl (C=O) groups is 2. The van der Waals surface area contributed by atoms with Crippen LogP contribution >= 0.6 is 11.8 Å². The first kappa shape index (κ1) is 12.7. The maximum atomic E-state index is 12.1. The average Bonchev–Trinajstić information content (AvgIpc) is 2.79. The minimum Gasteiger partial charge on any atom is -0.345 e. The van der Waals surface area contributed by atoms with Crippen molar-refractivity contribution in [3.63, 3.8) is 0 Å². The number of hydrogen-bond acceptors (Lipinski definition) is 3. The van der Waals surface area contributed by atoms with Crippen LogP contribution in [0.1, 0.15) is 32.6 Å². The Bertz CT molecular complexity index is 322. The van der Waals surface area contributed by atoms with Crippen LogP contribution in [0.15, 0.2) is 0 Å². The lowest BCUT2D eigenvalue weighted by molar-refractivity contribution is -0.148. The fourth-order valence-electron chi connectivity index (χ4n) is 2.97. The number of nitrogens with zero attached hydrogens (tertiary/aromatic N) is 1. The highest BCUT2D eigenvalue weighted by Gasteiger charge is 2.42. The van der Waals surface area contributed by atoms with Crippen molar-refractivity contribution in [3.05, 3.63) is 0 Å². The SMILES string of the molecule is CCC1C(=O)NCC(=O)N1C1CCCC1SC. The largest absolute Gasteiger partial charge is 0.345 e. The van der Waals surface area contributed by atoms with Gasteiger partial charge in [-0.1, -0.05) is 13.3 Å². The fraction of sp³-hybridized carbons (Fsp3) is 0.833. The molecule has 1 aliphatic carbocycles. The van der Waals surface area contributed by atoms with Gasteiger partial charge in [0.15, 0.2) is 0 Å². The summed E-state index contributed by atoms with van der Waals surface area (Å²) >= 11 is 1.82. The Balaban J connectivity index is 2.20. The number of rotatable bonds is 3. The van der Waals surface area contributed by atoms with Gasteiger partial charge in [-0.2, -0.15) is 11.8 Å². The van der Waals surface area contributed by atoms with Gasteiger partial charge in [-0.25, -0.2) is 0 Å². The Morgan fingerprint density at radius 1 is 1.41 bits per heavy atom. The van der Waals surface area contributed by atoms with E-state index >= 15 is 0 Å². The molecule has 0 bridgehead atoms. The molecule has 3 unspecified atom stereocenters. The zero-order valence-electron chi connectivity index (χ0n) is 10.4. The van der Waals surface area contributed by atoms with Crippen molar-refractivity contribution in [2.45, 2.75) is 49.9 Å². The molecule has 0 aromatic heterocycles. The topological polar surface area (TPSA) is 49.4 Å². The third kappa shape index (κ3) is 2.30. The molecule has 0 spiro atoms. The van der Waals surface area contributed by atoms with Crippen LogP contribution < -0.4 is 5.32 Å². The Morgan fingerprint density at radius 2 is 2.18 bits per heavy atom. The summed E-state index contributed by atoms with van der Waals surface area (Å²) < 4.78 is 0. The molecule has 17 heavy (non-hydrogen) atoms. The summed E-state index contributed by atoms with van der Waals surface area (Å²) in [4.78, 5) is 25.7. The zero-order chi connectivity index (χ0) is 12.4. The maximum absolute atomic E-state index is 12.1. The van der Waals surface area contributed by atoms with Crippen LogP contribution in [0.3, 0.4) is 0 Å². The molecule has 1 N–H and O–H groups in total. The molecule has 1 saturated carbocycles. The molecule has 2 aliphatic rings. The van der Waals surface area contributed by atoms with Gasteiger partial charge in [0, 0.05) is 11.3 Å². The third-order valence-corrected chi connectivity index (χ3v) is 4.96. The van der Waals surface area contributed by atoms with Gasteiger partial charge in [0.2, 0.25) is 11.8 Å². The molecule has 0 radical (unpaired) electrons. The molecule has 1 aliphatic heterocycles. The minimum absolute atomic E-state index is 0.0128. The molecule has 0 aromatic rings. The highest BCUT2D eigenvalue weighted by Crippen LogP contribution is 2.34. The molecule has 2 rings (SSSR count). The van der Waals surface area contributed by atoms with Crippen LogP contribution in [0, 0.1) is 0 Å². The van der Waals surface area contributed by atoms with Gasteiger partial charge in [0.25, 0.3) is 0 Å². The maximum Gasteiger partial charge on any atom is 0.243 e. The lowest BCUT2D eigenvalue weighted by Gasteiger charge is -2.40. The fourth-order valence-corrected chi connectivity index (χ4v) is 3.95. The van der Waals surface area contributed by atoms with E-state index in [1.54, 1.807) is 0 Å². The van der Waals surface area contributed by atoms with Crippen molar-refractivity contribution in [2.24, 2.45) is 0 Å². The van der Waals surface area contributed by atoms with Crippen molar-refractivity contribution in [2.75, 3.05) is 12.8 Å². The third-order valence-electron chi connectivity index (χ3n) is 3.80. The van der Waals surface area contributed by atoms with Crippen LogP contribution in [-0.2, 0) is 9.59 Å². The standard InChI is InChI=1S/C12H20N2O2S/c1-3-8-12(16)13-7-11(15)14(8)9-5-4-6-10(9)17-2/h8-10H,3-7H2,1-2H3,(H,13,16). The summed E-state index contributed by atoms with van der Waals surface area (Å²) in [5.74, 6) is 0.0984. The number of thioether (sulfide) groups is 1. The molecule has 5 heteroatoms. The Labute approximate surface area is 106 Å². The second kappa shape index (κ2) is 5.29. The highest BCUT2D eigenvalue weighted by atomic mass is 32.2. The van der Waals surface area contributed by atoms with Crippen molar-refractivity contribution >= 4 is 23.6 Å². The van der Waals surface area contributed by atoms with Crippen LogP contribution in [0.2, 0.25) is 0 Å². The Morgan fingerprint density at radius 3 is 2.82 bits per heavy atom. The summed E-state index contributed by atoms with van der Waals surface area (Å²) in [5, 5.41) is 3.18.